The number of esters is 3. The van der Waals surface area contributed by atoms with Gasteiger partial charge in [-0.2, -0.15) is 0 Å². The highest BCUT2D eigenvalue weighted by Crippen LogP contribution is 2.35. The molecule has 0 saturated carbocycles. The molecule has 0 unspecified atom stereocenters. The first kappa shape index (κ1) is 16.4. The molecular weight excluding hydrogens is 276 g/mol. The highest BCUT2D eigenvalue weighted by atomic mass is 16.6. The Hall–Kier alpha value is -2.63. The van der Waals surface area contributed by atoms with E-state index in [1.54, 1.807) is 0 Å². The molecule has 0 bridgehead atoms. The molecule has 0 heterocycles. The quantitative estimate of drug-likeness (QED) is 0.625. The fourth-order valence-electron chi connectivity index (χ4n) is 1.56. The highest BCUT2D eigenvalue weighted by molar-refractivity contribution is 5.78. The Labute approximate surface area is 122 Å². The smallest absolute Gasteiger partial charge is 0.308 e. The zero-order valence-electron chi connectivity index (χ0n) is 12.0. The summed E-state index contributed by atoms with van der Waals surface area (Å²) in [5, 5.41) is 0. The lowest BCUT2D eigenvalue weighted by molar-refractivity contribution is -0.132. The first-order valence-electron chi connectivity index (χ1n) is 6.02. The summed E-state index contributed by atoms with van der Waals surface area (Å²) in [6.07, 6.45) is 2.95. The number of carbonyl (C=O) groups is 3. The molecule has 0 atom stereocenters. The monoisotopic (exact) mass is 291 g/mol. The van der Waals surface area contributed by atoms with E-state index < -0.39 is 17.9 Å². The van der Waals surface area contributed by atoms with Crippen molar-refractivity contribution in [2.75, 3.05) is 0 Å². The van der Waals surface area contributed by atoms with Gasteiger partial charge in [0.1, 0.15) is 17.2 Å². The van der Waals surface area contributed by atoms with E-state index in [0.717, 1.165) is 0 Å². The molecule has 0 amide bonds. The molecule has 0 aliphatic carbocycles. The van der Waals surface area contributed by atoms with Crippen LogP contribution in [-0.2, 0) is 14.4 Å². The molecule has 1 rings (SSSR count). The Bertz CT molecular complexity index is 563. The first-order chi connectivity index (χ1) is 9.83. The predicted molar refractivity (Wildman–Crippen MR) is 74.8 cm³/mol. The number of rotatable bonds is 4. The van der Waals surface area contributed by atoms with Gasteiger partial charge in [-0.1, -0.05) is 12.2 Å². The molecule has 6 nitrogen and oxygen atoms in total. The number of ether oxygens (including phenoxy) is 3. The van der Waals surface area contributed by atoms with Gasteiger partial charge in [-0.25, -0.2) is 0 Å². The average molecular weight is 291 g/mol. The fraction of sp³-hybridized carbons (Fsp3) is 0.200. The number of hydrogen-bond donors (Lipinski definition) is 0. The molecule has 0 aliphatic rings. The van der Waals surface area contributed by atoms with Crippen molar-refractivity contribution < 1.29 is 28.6 Å². The van der Waals surface area contributed by atoms with Crippen molar-refractivity contribution in [1.29, 1.82) is 0 Å². The normalized spacial score (nSPS) is 10.3. The number of hydrogen-bond acceptors (Lipinski definition) is 6. The van der Waals surface area contributed by atoms with Gasteiger partial charge in [0.05, 0.1) is 5.56 Å². The van der Waals surface area contributed by atoms with E-state index in [9.17, 15) is 14.4 Å². The van der Waals surface area contributed by atoms with Crippen LogP contribution in [0.4, 0.5) is 0 Å². The molecule has 0 fully saturated rings. The lowest BCUT2D eigenvalue weighted by Gasteiger charge is -2.13. The lowest BCUT2D eigenvalue weighted by atomic mass is 10.1. The minimum Gasteiger partial charge on any atom is -0.426 e. The van der Waals surface area contributed by atoms with Crippen molar-refractivity contribution in [3.05, 3.63) is 30.7 Å². The Balaban J connectivity index is 3.43. The Kier molecular flexibility index (Phi) is 5.66. The van der Waals surface area contributed by atoms with Crippen LogP contribution in [0.5, 0.6) is 17.2 Å². The van der Waals surface area contributed by atoms with Gasteiger partial charge in [-0.3, -0.25) is 14.4 Å². The van der Waals surface area contributed by atoms with E-state index in [1.165, 1.54) is 45.1 Å². The van der Waals surface area contributed by atoms with Crippen LogP contribution in [0.1, 0.15) is 26.3 Å². The molecule has 21 heavy (non-hydrogen) atoms. The van der Waals surface area contributed by atoms with Crippen molar-refractivity contribution in [2.45, 2.75) is 20.8 Å². The second-order valence-corrected chi connectivity index (χ2v) is 4.02. The molecule has 0 aliphatic heterocycles. The zero-order chi connectivity index (χ0) is 16.0. The molecule has 0 aromatic heterocycles. The molecule has 0 N–H and O–H groups in total. The summed E-state index contributed by atoms with van der Waals surface area (Å²) in [5.74, 6) is -1.41. The topological polar surface area (TPSA) is 78.9 Å². The SMILES string of the molecule is [CH2]/C=C/c1c(OC(C)=O)cc(OC(C)=O)cc1OC(C)=O. The Morgan fingerprint density at radius 1 is 0.905 bits per heavy atom. The van der Waals surface area contributed by atoms with E-state index in [-0.39, 0.29) is 17.2 Å². The maximum absolute atomic E-state index is 11.2. The molecule has 1 aromatic carbocycles. The average Bonchev–Trinajstić information content (AvgIpc) is 2.31. The minimum atomic E-state index is -0.567. The van der Waals surface area contributed by atoms with Crippen molar-refractivity contribution in [1.82, 2.24) is 0 Å². The van der Waals surface area contributed by atoms with Gasteiger partial charge in [0, 0.05) is 32.9 Å². The summed E-state index contributed by atoms with van der Waals surface area (Å²) in [7, 11) is 0. The Morgan fingerprint density at radius 2 is 1.33 bits per heavy atom. The molecule has 6 heteroatoms. The number of benzene rings is 1. The van der Waals surface area contributed by atoms with Crippen LogP contribution in [0.2, 0.25) is 0 Å². The molecular formula is C15H15O6. The first-order valence-corrected chi connectivity index (χ1v) is 6.02. The standard InChI is InChI=1S/C15H15O6/c1-5-6-13-14(20-10(3)17)7-12(19-9(2)16)8-15(13)21-11(4)18/h5-8H,1H2,2-4H3/b6-5+. The van der Waals surface area contributed by atoms with Gasteiger partial charge in [0.2, 0.25) is 0 Å². The van der Waals surface area contributed by atoms with Gasteiger partial charge < -0.3 is 14.2 Å². The van der Waals surface area contributed by atoms with Crippen molar-refractivity contribution in [3.63, 3.8) is 0 Å². The number of carbonyl (C=O) groups excluding carboxylic acids is 3. The highest BCUT2D eigenvalue weighted by Gasteiger charge is 2.16. The largest absolute Gasteiger partial charge is 0.426 e. The van der Waals surface area contributed by atoms with Gasteiger partial charge in [0.15, 0.2) is 0 Å². The number of allylic oxidation sites excluding steroid dienone is 1. The van der Waals surface area contributed by atoms with E-state index in [4.69, 9.17) is 14.2 Å². The third kappa shape index (κ3) is 5.10. The molecule has 0 saturated heterocycles. The molecule has 1 radical (unpaired) electrons. The van der Waals surface area contributed by atoms with Crippen LogP contribution in [0, 0.1) is 6.92 Å². The van der Waals surface area contributed by atoms with Crippen molar-refractivity contribution in [3.8, 4) is 17.2 Å². The summed E-state index contributed by atoms with van der Waals surface area (Å²) in [5.41, 5.74) is 0.339. The fourth-order valence-corrected chi connectivity index (χ4v) is 1.56. The van der Waals surface area contributed by atoms with E-state index in [0.29, 0.717) is 5.56 Å². The van der Waals surface area contributed by atoms with Crippen molar-refractivity contribution >= 4 is 24.0 Å². The van der Waals surface area contributed by atoms with Gasteiger partial charge in [-0.15, -0.1) is 0 Å². The molecule has 1 aromatic rings. The summed E-state index contributed by atoms with van der Waals surface area (Å²) < 4.78 is 15.0. The predicted octanol–water partition coefficient (Wildman–Crippen LogP) is 2.31. The Morgan fingerprint density at radius 3 is 1.67 bits per heavy atom. The van der Waals surface area contributed by atoms with Crippen molar-refractivity contribution in [2.24, 2.45) is 0 Å². The third-order valence-electron chi connectivity index (χ3n) is 2.13. The van der Waals surface area contributed by atoms with Crippen LogP contribution in [-0.4, -0.2) is 17.9 Å². The van der Waals surface area contributed by atoms with Gasteiger partial charge in [0.25, 0.3) is 0 Å². The van der Waals surface area contributed by atoms with Gasteiger partial charge >= 0.3 is 17.9 Å². The van der Waals surface area contributed by atoms with E-state index in [1.807, 2.05) is 0 Å². The molecule has 0 spiro atoms. The lowest BCUT2D eigenvalue weighted by Crippen LogP contribution is -2.08. The van der Waals surface area contributed by atoms with Crippen LogP contribution in [0.15, 0.2) is 18.2 Å². The van der Waals surface area contributed by atoms with E-state index in [2.05, 4.69) is 6.92 Å². The van der Waals surface area contributed by atoms with Gasteiger partial charge in [-0.05, 0) is 6.92 Å². The molecule has 111 valence electrons. The second-order valence-electron chi connectivity index (χ2n) is 4.02. The second kappa shape index (κ2) is 7.23. The maximum atomic E-state index is 11.2. The van der Waals surface area contributed by atoms with E-state index >= 15 is 0 Å². The van der Waals surface area contributed by atoms with Crippen LogP contribution in [0.25, 0.3) is 6.08 Å². The zero-order valence-corrected chi connectivity index (χ0v) is 12.0. The summed E-state index contributed by atoms with van der Waals surface area (Å²) in [6, 6.07) is 2.70. The minimum absolute atomic E-state index is 0.0937. The van der Waals surface area contributed by atoms with Crippen LogP contribution < -0.4 is 14.2 Å². The summed E-state index contributed by atoms with van der Waals surface area (Å²) in [4.78, 5) is 33.3. The summed E-state index contributed by atoms with van der Waals surface area (Å²) in [6.45, 7) is 7.22. The third-order valence-corrected chi connectivity index (χ3v) is 2.13. The van der Waals surface area contributed by atoms with Crippen LogP contribution in [0.3, 0.4) is 0 Å². The summed E-state index contributed by atoms with van der Waals surface area (Å²) >= 11 is 0. The maximum Gasteiger partial charge on any atom is 0.308 e. The van der Waals surface area contributed by atoms with Crippen LogP contribution >= 0.6 is 0 Å².